The van der Waals surface area contributed by atoms with Crippen LogP contribution in [-0.2, 0) is 6.42 Å². The molecule has 4 rings (SSSR count). The van der Waals surface area contributed by atoms with Crippen molar-refractivity contribution in [2.45, 2.75) is 11.2 Å². The van der Waals surface area contributed by atoms with Crippen LogP contribution in [0.1, 0.15) is 26.3 Å². The van der Waals surface area contributed by atoms with Crippen LogP contribution in [0.25, 0.3) is 10.9 Å². The van der Waals surface area contributed by atoms with Crippen molar-refractivity contribution in [1.82, 2.24) is 4.98 Å². The van der Waals surface area contributed by atoms with Crippen molar-refractivity contribution in [1.29, 1.82) is 0 Å². The molecule has 25 heavy (non-hydrogen) atoms. The van der Waals surface area contributed by atoms with Crippen LogP contribution in [-0.4, -0.2) is 24.5 Å². The molecular weight excluding hydrogens is 389 g/mol. The van der Waals surface area contributed by atoms with Crippen molar-refractivity contribution in [2.24, 2.45) is 0 Å². The van der Waals surface area contributed by atoms with Gasteiger partial charge < -0.3 is 14.5 Å². The Labute approximate surface area is 152 Å². The van der Waals surface area contributed by atoms with Crippen LogP contribution in [0.4, 0.5) is 4.39 Å². The fourth-order valence-corrected chi connectivity index (χ4v) is 3.89. The maximum Gasteiger partial charge on any atom is 0.183 e. The highest BCUT2D eigenvalue weighted by Gasteiger charge is 2.26. The highest BCUT2D eigenvalue weighted by atomic mass is 79.9. The van der Waals surface area contributed by atoms with E-state index >= 15 is 0 Å². The van der Waals surface area contributed by atoms with Gasteiger partial charge in [-0.15, -0.1) is 0 Å². The van der Waals surface area contributed by atoms with Gasteiger partial charge in [0.15, 0.2) is 5.78 Å². The fraction of sp³-hybridized carbons (Fsp3) is 0.211. The molecular formula is C19H15BrFNO3. The minimum Gasteiger partial charge on any atom is -0.496 e. The second kappa shape index (κ2) is 6.19. The summed E-state index contributed by atoms with van der Waals surface area (Å²) in [6.45, 7) is 0.657. The molecule has 3 aromatic rings. The molecule has 2 heterocycles. The largest absolute Gasteiger partial charge is 0.496 e. The normalized spacial score (nSPS) is 14.2. The van der Waals surface area contributed by atoms with E-state index in [1.807, 2.05) is 12.1 Å². The summed E-state index contributed by atoms with van der Waals surface area (Å²) in [5, 5.41) is 0.861. The van der Waals surface area contributed by atoms with Crippen LogP contribution in [0.5, 0.6) is 11.5 Å². The third-order valence-corrected chi connectivity index (χ3v) is 5.40. The first kappa shape index (κ1) is 16.1. The highest BCUT2D eigenvalue weighted by molar-refractivity contribution is 9.09. The molecule has 1 unspecified atom stereocenters. The van der Waals surface area contributed by atoms with Crippen LogP contribution in [0.2, 0.25) is 0 Å². The minimum absolute atomic E-state index is 0.116. The summed E-state index contributed by atoms with van der Waals surface area (Å²) >= 11 is 3.45. The second-order valence-electron chi connectivity index (χ2n) is 5.88. The Hall–Kier alpha value is -2.34. The second-order valence-corrected chi connectivity index (χ2v) is 6.79. The zero-order valence-corrected chi connectivity index (χ0v) is 15.0. The molecule has 1 aliphatic heterocycles. The van der Waals surface area contributed by atoms with Crippen molar-refractivity contribution in [3.05, 3.63) is 59.0 Å². The third kappa shape index (κ3) is 2.61. The maximum absolute atomic E-state index is 13.4. The number of alkyl halides is 1. The minimum atomic E-state index is -0.633. The smallest absolute Gasteiger partial charge is 0.183 e. The van der Waals surface area contributed by atoms with Gasteiger partial charge in [-0.2, -0.15) is 0 Å². The number of halogens is 2. The lowest BCUT2D eigenvalue weighted by Crippen LogP contribution is -2.08. The van der Waals surface area contributed by atoms with Gasteiger partial charge in [0.25, 0.3) is 0 Å². The SMILES string of the molecule is COc1cc(F)ccc1C(Br)C(=O)c1c[nH]c2c3c(ccc12)OCC3. The quantitative estimate of drug-likeness (QED) is 0.512. The molecule has 2 aromatic carbocycles. The molecule has 0 amide bonds. The molecule has 0 radical (unpaired) electrons. The molecule has 1 N–H and O–H groups in total. The monoisotopic (exact) mass is 403 g/mol. The lowest BCUT2D eigenvalue weighted by Gasteiger charge is -2.13. The van der Waals surface area contributed by atoms with Crippen LogP contribution < -0.4 is 9.47 Å². The van der Waals surface area contributed by atoms with Gasteiger partial charge in [-0.1, -0.05) is 22.0 Å². The predicted molar refractivity (Wildman–Crippen MR) is 96.4 cm³/mol. The van der Waals surface area contributed by atoms with E-state index in [2.05, 4.69) is 20.9 Å². The number of nitrogens with one attached hydrogen (secondary N) is 1. The van der Waals surface area contributed by atoms with Gasteiger partial charge in [-0.25, -0.2) is 4.39 Å². The molecule has 128 valence electrons. The number of ketones is 1. The van der Waals surface area contributed by atoms with Crippen molar-refractivity contribution in [3.8, 4) is 11.5 Å². The Morgan fingerprint density at radius 3 is 3.00 bits per heavy atom. The van der Waals surface area contributed by atoms with Gasteiger partial charge in [-0.05, 0) is 18.2 Å². The number of Topliss-reactive ketones (excluding diaryl/α,β-unsaturated/α-hetero) is 1. The Bertz CT molecular complexity index is 982. The summed E-state index contributed by atoms with van der Waals surface area (Å²) in [4.78, 5) is 15.6. The molecule has 1 aliphatic rings. The van der Waals surface area contributed by atoms with Gasteiger partial charge in [0.05, 0.1) is 19.2 Å². The number of methoxy groups -OCH3 is 1. The molecule has 1 aromatic heterocycles. The first-order valence-corrected chi connectivity index (χ1v) is 8.79. The van der Waals surface area contributed by atoms with E-state index in [1.165, 1.54) is 19.2 Å². The van der Waals surface area contributed by atoms with Crippen LogP contribution in [0.3, 0.4) is 0 Å². The van der Waals surface area contributed by atoms with E-state index in [0.717, 1.165) is 28.6 Å². The molecule has 1 atom stereocenters. The summed E-state index contributed by atoms with van der Waals surface area (Å²) in [6, 6.07) is 7.95. The molecule has 0 saturated carbocycles. The zero-order chi connectivity index (χ0) is 17.6. The van der Waals surface area contributed by atoms with E-state index in [0.29, 0.717) is 23.5 Å². The standard InChI is InChI=1S/C19H15BrFNO3/c1-24-16-8-10(21)2-3-12(16)17(20)19(23)14-9-22-18-11(14)4-5-15-13(18)6-7-25-15/h2-5,8-9,17,22H,6-7H2,1H3. The van der Waals surface area contributed by atoms with Crippen LogP contribution >= 0.6 is 15.9 Å². The first-order valence-electron chi connectivity index (χ1n) is 7.87. The maximum atomic E-state index is 13.4. The molecule has 0 spiro atoms. The van der Waals surface area contributed by atoms with Crippen molar-refractivity contribution in [3.63, 3.8) is 0 Å². The number of aromatic amines is 1. The molecule has 0 aliphatic carbocycles. The van der Waals surface area contributed by atoms with Gasteiger partial charge in [-0.3, -0.25) is 4.79 Å². The summed E-state index contributed by atoms with van der Waals surface area (Å²) in [6.07, 6.45) is 2.54. The highest BCUT2D eigenvalue weighted by Crippen LogP contribution is 2.38. The average Bonchev–Trinajstić information content (AvgIpc) is 3.26. The number of hydrogen-bond acceptors (Lipinski definition) is 3. The first-order chi connectivity index (χ1) is 12.1. The predicted octanol–water partition coefficient (Wildman–Crippen LogP) is 4.57. The number of H-pyrrole nitrogens is 1. The number of rotatable bonds is 4. The molecule has 0 bridgehead atoms. The zero-order valence-electron chi connectivity index (χ0n) is 13.4. The third-order valence-electron chi connectivity index (χ3n) is 4.49. The summed E-state index contributed by atoms with van der Waals surface area (Å²) in [5.41, 5.74) is 3.21. The summed E-state index contributed by atoms with van der Waals surface area (Å²) in [5.74, 6) is 0.679. The topological polar surface area (TPSA) is 51.3 Å². The fourth-order valence-electron chi connectivity index (χ4n) is 3.26. The number of carbonyl (C=O) groups excluding carboxylic acids is 1. The van der Waals surface area contributed by atoms with E-state index < -0.39 is 10.6 Å². The van der Waals surface area contributed by atoms with E-state index in [9.17, 15) is 9.18 Å². The Morgan fingerprint density at radius 2 is 2.20 bits per heavy atom. The lowest BCUT2D eigenvalue weighted by atomic mass is 10.00. The van der Waals surface area contributed by atoms with Crippen molar-refractivity contribution >= 4 is 32.6 Å². The molecule has 0 saturated heterocycles. The number of hydrogen-bond donors (Lipinski definition) is 1. The number of aromatic nitrogens is 1. The van der Waals surface area contributed by atoms with Gasteiger partial charge in [0.2, 0.25) is 0 Å². The number of benzene rings is 2. The van der Waals surface area contributed by atoms with Gasteiger partial charge >= 0.3 is 0 Å². The Kier molecular flexibility index (Phi) is 4.00. The van der Waals surface area contributed by atoms with Gasteiger partial charge in [0, 0.05) is 40.8 Å². The Balaban J connectivity index is 1.75. The summed E-state index contributed by atoms with van der Waals surface area (Å²) in [7, 11) is 1.46. The number of carbonyl (C=O) groups is 1. The Morgan fingerprint density at radius 1 is 1.36 bits per heavy atom. The van der Waals surface area contributed by atoms with E-state index in [1.54, 1.807) is 12.3 Å². The van der Waals surface area contributed by atoms with Gasteiger partial charge in [0.1, 0.15) is 22.1 Å². The molecule has 0 fully saturated rings. The van der Waals surface area contributed by atoms with Crippen LogP contribution in [0, 0.1) is 5.82 Å². The molecule has 4 nitrogen and oxygen atoms in total. The average molecular weight is 404 g/mol. The van der Waals surface area contributed by atoms with E-state index in [4.69, 9.17) is 9.47 Å². The molecule has 6 heteroatoms. The van der Waals surface area contributed by atoms with Crippen LogP contribution in [0.15, 0.2) is 36.5 Å². The lowest BCUT2D eigenvalue weighted by molar-refractivity contribution is 0.0992. The van der Waals surface area contributed by atoms with Crippen molar-refractivity contribution < 1.29 is 18.7 Å². The number of ether oxygens (including phenoxy) is 2. The summed E-state index contributed by atoms with van der Waals surface area (Å²) < 4.78 is 24.2. The van der Waals surface area contributed by atoms with E-state index in [-0.39, 0.29) is 5.78 Å². The number of fused-ring (bicyclic) bond motifs is 3. The van der Waals surface area contributed by atoms with Crippen molar-refractivity contribution in [2.75, 3.05) is 13.7 Å².